The predicted octanol–water partition coefficient (Wildman–Crippen LogP) is 0.615. The maximum absolute atomic E-state index is 11.3. The van der Waals surface area contributed by atoms with Gasteiger partial charge in [0.1, 0.15) is 5.82 Å². The molecule has 1 aromatic heterocycles. The van der Waals surface area contributed by atoms with Crippen LogP contribution in [0.25, 0.3) is 0 Å². The van der Waals surface area contributed by atoms with E-state index >= 15 is 0 Å². The first kappa shape index (κ1) is 9.67. The summed E-state index contributed by atoms with van der Waals surface area (Å²) in [6.45, 7) is 2.12. The zero-order valence-corrected chi connectivity index (χ0v) is 7.53. The number of hydrogen-bond acceptors (Lipinski definition) is 3. The standard InChI is InChI=1S/C9H13N3O/c1-7(6-10)9(13)12-8-4-2-3-5-11-8/h2-5,7H,6,10H2,1H3,(H,11,12,13). The second-order valence-corrected chi connectivity index (χ2v) is 2.84. The average molecular weight is 179 g/mol. The molecule has 0 aliphatic carbocycles. The molecule has 0 fully saturated rings. The fourth-order valence-corrected chi connectivity index (χ4v) is 0.793. The fourth-order valence-electron chi connectivity index (χ4n) is 0.793. The van der Waals surface area contributed by atoms with Crippen LogP contribution in [0.4, 0.5) is 5.82 Å². The maximum Gasteiger partial charge on any atom is 0.229 e. The Morgan fingerprint density at radius 1 is 1.69 bits per heavy atom. The van der Waals surface area contributed by atoms with Crippen LogP contribution in [0, 0.1) is 5.92 Å². The Balaban J connectivity index is 2.55. The van der Waals surface area contributed by atoms with E-state index in [1.807, 2.05) is 6.07 Å². The summed E-state index contributed by atoms with van der Waals surface area (Å²) in [7, 11) is 0. The van der Waals surface area contributed by atoms with E-state index in [1.54, 1.807) is 25.3 Å². The highest BCUT2D eigenvalue weighted by molar-refractivity contribution is 5.91. The Kier molecular flexibility index (Phi) is 3.40. The minimum Gasteiger partial charge on any atom is -0.330 e. The highest BCUT2D eigenvalue weighted by Gasteiger charge is 2.10. The molecule has 0 radical (unpaired) electrons. The number of anilines is 1. The van der Waals surface area contributed by atoms with Crippen molar-refractivity contribution in [3.63, 3.8) is 0 Å². The van der Waals surface area contributed by atoms with E-state index in [0.717, 1.165) is 0 Å². The molecular weight excluding hydrogens is 166 g/mol. The number of aromatic nitrogens is 1. The number of rotatable bonds is 3. The van der Waals surface area contributed by atoms with Crippen molar-refractivity contribution in [2.24, 2.45) is 11.7 Å². The zero-order chi connectivity index (χ0) is 9.68. The van der Waals surface area contributed by atoms with Crippen LogP contribution in [-0.2, 0) is 4.79 Å². The van der Waals surface area contributed by atoms with E-state index in [2.05, 4.69) is 10.3 Å². The van der Waals surface area contributed by atoms with E-state index in [1.165, 1.54) is 0 Å². The van der Waals surface area contributed by atoms with Crippen molar-refractivity contribution in [3.8, 4) is 0 Å². The van der Waals surface area contributed by atoms with Gasteiger partial charge in [0, 0.05) is 18.7 Å². The van der Waals surface area contributed by atoms with Crippen molar-refractivity contribution < 1.29 is 4.79 Å². The summed E-state index contributed by atoms with van der Waals surface area (Å²) in [5.74, 6) is 0.288. The Hall–Kier alpha value is -1.42. The molecule has 1 atom stereocenters. The largest absolute Gasteiger partial charge is 0.330 e. The van der Waals surface area contributed by atoms with Gasteiger partial charge < -0.3 is 11.1 Å². The van der Waals surface area contributed by atoms with Crippen LogP contribution in [0.15, 0.2) is 24.4 Å². The Morgan fingerprint density at radius 2 is 2.46 bits per heavy atom. The molecule has 0 spiro atoms. The first-order valence-electron chi connectivity index (χ1n) is 4.16. The highest BCUT2D eigenvalue weighted by Crippen LogP contribution is 2.02. The molecule has 0 saturated carbocycles. The van der Waals surface area contributed by atoms with Gasteiger partial charge in [-0.2, -0.15) is 0 Å². The normalized spacial score (nSPS) is 12.2. The molecule has 4 heteroatoms. The van der Waals surface area contributed by atoms with Crippen LogP contribution < -0.4 is 11.1 Å². The van der Waals surface area contributed by atoms with Crippen LogP contribution in [0.1, 0.15) is 6.92 Å². The minimum absolute atomic E-state index is 0.0961. The molecular formula is C9H13N3O. The number of amides is 1. The van der Waals surface area contributed by atoms with E-state index in [0.29, 0.717) is 12.4 Å². The van der Waals surface area contributed by atoms with E-state index in [9.17, 15) is 4.79 Å². The van der Waals surface area contributed by atoms with Crippen molar-refractivity contribution in [1.29, 1.82) is 0 Å². The number of hydrogen-bond donors (Lipinski definition) is 2. The topological polar surface area (TPSA) is 68.0 Å². The Morgan fingerprint density at radius 3 is 3.00 bits per heavy atom. The third-order valence-corrected chi connectivity index (χ3v) is 1.72. The van der Waals surface area contributed by atoms with E-state index in [4.69, 9.17) is 5.73 Å². The summed E-state index contributed by atoms with van der Waals surface area (Å²) >= 11 is 0. The molecule has 1 rings (SSSR count). The number of nitrogens with one attached hydrogen (secondary N) is 1. The molecule has 0 aliphatic rings. The summed E-state index contributed by atoms with van der Waals surface area (Å²) in [5, 5.41) is 2.66. The van der Waals surface area contributed by atoms with Crippen molar-refractivity contribution in [1.82, 2.24) is 4.98 Å². The number of pyridine rings is 1. The molecule has 0 bridgehead atoms. The molecule has 4 nitrogen and oxygen atoms in total. The van der Waals surface area contributed by atoms with Gasteiger partial charge >= 0.3 is 0 Å². The SMILES string of the molecule is CC(CN)C(=O)Nc1ccccn1. The minimum atomic E-state index is -0.179. The molecule has 1 aromatic rings. The summed E-state index contributed by atoms with van der Waals surface area (Å²) in [6.07, 6.45) is 1.63. The van der Waals surface area contributed by atoms with Gasteiger partial charge in [-0.05, 0) is 12.1 Å². The van der Waals surface area contributed by atoms with Gasteiger partial charge in [0.2, 0.25) is 5.91 Å². The molecule has 0 aliphatic heterocycles. The molecule has 70 valence electrons. The zero-order valence-electron chi connectivity index (χ0n) is 7.53. The van der Waals surface area contributed by atoms with Gasteiger partial charge in [-0.1, -0.05) is 13.0 Å². The van der Waals surface area contributed by atoms with Gasteiger partial charge in [-0.3, -0.25) is 4.79 Å². The predicted molar refractivity (Wildman–Crippen MR) is 51.1 cm³/mol. The molecule has 1 amide bonds. The number of carbonyl (C=O) groups is 1. The van der Waals surface area contributed by atoms with Gasteiger partial charge in [-0.15, -0.1) is 0 Å². The lowest BCUT2D eigenvalue weighted by molar-refractivity contribution is -0.119. The number of nitrogens with zero attached hydrogens (tertiary/aromatic N) is 1. The average Bonchev–Trinajstić information content (AvgIpc) is 2.18. The monoisotopic (exact) mass is 179 g/mol. The molecule has 1 heterocycles. The van der Waals surface area contributed by atoms with Crippen molar-refractivity contribution >= 4 is 11.7 Å². The van der Waals surface area contributed by atoms with Crippen molar-refractivity contribution in [3.05, 3.63) is 24.4 Å². The van der Waals surface area contributed by atoms with Crippen LogP contribution in [-0.4, -0.2) is 17.4 Å². The summed E-state index contributed by atoms with van der Waals surface area (Å²) in [5.41, 5.74) is 5.35. The second-order valence-electron chi connectivity index (χ2n) is 2.84. The lowest BCUT2D eigenvalue weighted by Crippen LogP contribution is -2.26. The maximum atomic E-state index is 11.3. The Bertz CT molecular complexity index is 273. The first-order chi connectivity index (χ1) is 6.24. The van der Waals surface area contributed by atoms with Crippen molar-refractivity contribution in [2.45, 2.75) is 6.92 Å². The number of nitrogens with two attached hydrogens (primary N) is 1. The van der Waals surface area contributed by atoms with Crippen LogP contribution >= 0.6 is 0 Å². The number of carbonyl (C=O) groups excluding carboxylic acids is 1. The van der Waals surface area contributed by atoms with E-state index in [-0.39, 0.29) is 11.8 Å². The van der Waals surface area contributed by atoms with Crippen LogP contribution in [0.2, 0.25) is 0 Å². The molecule has 0 saturated heterocycles. The van der Waals surface area contributed by atoms with E-state index < -0.39 is 0 Å². The lowest BCUT2D eigenvalue weighted by Gasteiger charge is -2.08. The van der Waals surface area contributed by atoms with Crippen LogP contribution in [0.3, 0.4) is 0 Å². The van der Waals surface area contributed by atoms with Gasteiger partial charge in [-0.25, -0.2) is 4.98 Å². The third kappa shape index (κ3) is 2.83. The molecule has 3 N–H and O–H groups in total. The van der Waals surface area contributed by atoms with Gasteiger partial charge in [0.15, 0.2) is 0 Å². The summed E-state index contributed by atoms with van der Waals surface area (Å²) in [6, 6.07) is 5.35. The second kappa shape index (κ2) is 4.57. The van der Waals surface area contributed by atoms with Crippen LogP contribution in [0.5, 0.6) is 0 Å². The van der Waals surface area contributed by atoms with Gasteiger partial charge in [0.25, 0.3) is 0 Å². The quantitative estimate of drug-likeness (QED) is 0.714. The summed E-state index contributed by atoms with van der Waals surface area (Å²) < 4.78 is 0. The lowest BCUT2D eigenvalue weighted by atomic mass is 10.2. The smallest absolute Gasteiger partial charge is 0.229 e. The highest BCUT2D eigenvalue weighted by atomic mass is 16.1. The molecule has 0 aromatic carbocycles. The molecule has 13 heavy (non-hydrogen) atoms. The Labute approximate surface area is 77.2 Å². The third-order valence-electron chi connectivity index (χ3n) is 1.72. The molecule has 1 unspecified atom stereocenters. The van der Waals surface area contributed by atoms with Gasteiger partial charge in [0.05, 0.1) is 0 Å². The fraction of sp³-hybridized carbons (Fsp3) is 0.333. The van der Waals surface area contributed by atoms with Crippen molar-refractivity contribution in [2.75, 3.05) is 11.9 Å². The summed E-state index contributed by atoms with van der Waals surface area (Å²) in [4.78, 5) is 15.3. The first-order valence-corrected chi connectivity index (χ1v) is 4.16.